The van der Waals surface area contributed by atoms with Gasteiger partial charge in [0.2, 0.25) is 0 Å². The van der Waals surface area contributed by atoms with Crippen LogP contribution in [0.4, 0.5) is 9.18 Å². The summed E-state index contributed by atoms with van der Waals surface area (Å²) >= 11 is 0. The molecule has 0 aromatic carbocycles. The maximum Gasteiger partial charge on any atom is 0.410 e. The molecule has 0 aliphatic carbocycles. The smallest absolute Gasteiger partial charge is 0.410 e. The number of hydrogen-bond acceptors (Lipinski definition) is 5. The minimum atomic E-state index is -0.571. The van der Waals surface area contributed by atoms with E-state index in [1.807, 2.05) is 25.3 Å². The lowest BCUT2D eigenvalue weighted by molar-refractivity contribution is 0.0195. The molecule has 3 heterocycles. The average molecular weight is 377 g/mol. The van der Waals surface area contributed by atoms with E-state index >= 15 is 0 Å². The fourth-order valence-corrected chi connectivity index (χ4v) is 2.88. The van der Waals surface area contributed by atoms with E-state index in [-0.39, 0.29) is 24.6 Å². The fourth-order valence-electron chi connectivity index (χ4n) is 2.88. The van der Waals surface area contributed by atoms with Gasteiger partial charge in [-0.3, -0.25) is 9.69 Å². The number of likely N-dealkylation sites (N-methyl/N-ethyl adjacent to an activating group) is 1. The van der Waals surface area contributed by atoms with Crippen LogP contribution in [0.1, 0.15) is 37.1 Å². The highest BCUT2D eigenvalue weighted by Crippen LogP contribution is 2.17. The van der Waals surface area contributed by atoms with Gasteiger partial charge in [0, 0.05) is 32.5 Å². The Hall–Kier alpha value is -2.84. The van der Waals surface area contributed by atoms with Crippen molar-refractivity contribution in [1.29, 1.82) is 0 Å². The Balaban J connectivity index is 1.68. The van der Waals surface area contributed by atoms with Crippen molar-refractivity contribution in [2.75, 3.05) is 20.1 Å². The quantitative estimate of drug-likeness (QED) is 0.853. The molecular formula is C18H24FN5O3. The summed E-state index contributed by atoms with van der Waals surface area (Å²) in [6, 6.07) is 0. The molecule has 0 unspecified atom stereocenters. The minimum Gasteiger partial charge on any atom is -0.444 e. The van der Waals surface area contributed by atoms with Crippen molar-refractivity contribution in [3.8, 4) is 0 Å². The first-order valence-electron chi connectivity index (χ1n) is 8.74. The van der Waals surface area contributed by atoms with Crippen LogP contribution in [0.3, 0.4) is 0 Å². The molecule has 0 saturated carbocycles. The molecule has 27 heavy (non-hydrogen) atoms. The fraction of sp³-hybridized carbons (Fsp3) is 0.500. The molecular weight excluding hydrogens is 353 g/mol. The number of ether oxygens (including phenoxy) is 1. The third-order valence-electron chi connectivity index (χ3n) is 4.02. The summed E-state index contributed by atoms with van der Waals surface area (Å²) in [5.74, 6) is -0.146. The number of aromatic nitrogens is 2. The highest BCUT2D eigenvalue weighted by molar-refractivity contribution is 5.93. The van der Waals surface area contributed by atoms with Gasteiger partial charge in [0.15, 0.2) is 0 Å². The maximum absolute atomic E-state index is 13.5. The summed E-state index contributed by atoms with van der Waals surface area (Å²) in [4.78, 5) is 32.2. The number of hydrogen-bond donors (Lipinski definition) is 1. The third-order valence-corrected chi connectivity index (χ3v) is 4.02. The van der Waals surface area contributed by atoms with Gasteiger partial charge in [-0.25, -0.2) is 14.2 Å². The largest absolute Gasteiger partial charge is 0.444 e. The standard InChI is InChI=1S/C18H24FN5O3/c1-18(2,3)27-17(26)24-6-5-23-10-14(21-15(23)11-24)16(25)20-13-7-12(19)8-22(4)9-13/h7,9-10H,5-6,8,11H2,1-4H3,(H,20,25). The predicted molar refractivity (Wildman–Crippen MR) is 96.2 cm³/mol. The Labute approximate surface area is 157 Å². The molecule has 0 bridgehead atoms. The molecule has 1 N–H and O–H groups in total. The van der Waals surface area contributed by atoms with Crippen LogP contribution in [0.2, 0.25) is 0 Å². The lowest BCUT2D eigenvalue weighted by atomic mass is 10.2. The molecule has 1 aromatic heterocycles. The molecule has 9 heteroatoms. The monoisotopic (exact) mass is 377 g/mol. The van der Waals surface area contributed by atoms with Crippen molar-refractivity contribution in [3.63, 3.8) is 0 Å². The van der Waals surface area contributed by atoms with Crippen molar-refractivity contribution >= 4 is 12.0 Å². The third kappa shape index (κ3) is 4.66. The van der Waals surface area contributed by atoms with Crippen molar-refractivity contribution in [2.45, 2.75) is 39.5 Å². The van der Waals surface area contributed by atoms with Crippen molar-refractivity contribution in [2.24, 2.45) is 0 Å². The number of halogens is 1. The van der Waals surface area contributed by atoms with Crippen LogP contribution in [0.25, 0.3) is 0 Å². The zero-order valence-electron chi connectivity index (χ0n) is 16.0. The molecule has 0 spiro atoms. The average Bonchev–Trinajstić information content (AvgIpc) is 2.95. The summed E-state index contributed by atoms with van der Waals surface area (Å²) < 4.78 is 20.7. The van der Waals surface area contributed by atoms with Gasteiger partial charge >= 0.3 is 6.09 Å². The molecule has 146 valence electrons. The van der Waals surface area contributed by atoms with Gasteiger partial charge in [0.1, 0.15) is 22.9 Å². The molecule has 8 nitrogen and oxygen atoms in total. The van der Waals surface area contributed by atoms with Crippen LogP contribution in [-0.4, -0.2) is 57.1 Å². The second kappa shape index (κ2) is 7.05. The molecule has 0 saturated heterocycles. The number of carbonyl (C=O) groups excluding carboxylic acids is 2. The summed E-state index contributed by atoms with van der Waals surface area (Å²) in [7, 11) is 1.72. The van der Waals surface area contributed by atoms with E-state index in [9.17, 15) is 14.0 Å². The van der Waals surface area contributed by atoms with E-state index in [4.69, 9.17) is 4.74 Å². The van der Waals surface area contributed by atoms with Crippen LogP contribution in [-0.2, 0) is 17.8 Å². The molecule has 0 atom stereocenters. The predicted octanol–water partition coefficient (Wildman–Crippen LogP) is 2.00. The van der Waals surface area contributed by atoms with Gasteiger partial charge < -0.3 is 19.5 Å². The highest BCUT2D eigenvalue weighted by Gasteiger charge is 2.27. The molecule has 3 rings (SSSR count). The SMILES string of the molecule is CN1C=C(NC(=O)c2cn3c(n2)CN(C(=O)OC(C)(C)C)CC3)C=C(F)C1. The van der Waals surface area contributed by atoms with E-state index in [0.717, 1.165) is 0 Å². The lowest BCUT2D eigenvalue weighted by Gasteiger charge is -2.30. The second-order valence-electron chi connectivity index (χ2n) is 7.68. The molecule has 0 radical (unpaired) electrons. The number of allylic oxidation sites excluding steroid dienone is 1. The van der Waals surface area contributed by atoms with Crippen molar-refractivity contribution in [1.82, 2.24) is 24.7 Å². The summed E-state index contributed by atoms with van der Waals surface area (Å²) in [6.07, 6.45) is 4.18. The van der Waals surface area contributed by atoms with Gasteiger partial charge in [-0.1, -0.05) is 0 Å². The number of amides is 2. The van der Waals surface area contributed by atoms with E-state index in [1.54, 1.807) is 29.2 Å². The number of nitrogens with zero attached hydrogens (tertiary/aromatic N) is 4. The van der Waals surface area contributed by atoms with Crippen LogP contribution in [0, 0.1) is 0 Å². The first kappa shape index (κ1) is 18.9. The molecule has 1 aromatic rings. The first-order chi connectivity index (χ1) is 12.6. The Morgan fingerprint density at radius 3 is 2.67 bits per heavy atom. The Morgan fingerprint density at radius 2 is 2.00 bits per heavy atom. The van der Waals surface area contributed by atoms with Gasteiger partial charge in [0.05, 0.1) is 18.8 Å². The zero-order valence-corrected chi connectivity index (χ0v) is 16.0. The Kier molecular flexibility index (Phi) is 4.95. The number of nitrogens with one attached hydrogen (secondary N) is 1. The minimum absolute atomic E-state index is 0.179. The van der Waals surface area contributed by atoms with Crippen LogP contribution >= 0.6 is 0 Å². The number of rotatable bonds is 2. The second-order valence-corrected chi connectivity index (χ2v) is 7.68. The number of fused-ring (bicyclic) bond motifs is 1. The molecule has 0 fully saturated rings. The van der Waals surface area contributed by atoms with Gasteiger partial charge in [-0.05, 0) is 26.8 Å². The summed E-state index contributed by atoms with van der Waals surface area (Å²) in [5, 5.41) is 2.65. The van der Waals surface area contributed by atoms with Crippen LogP contribution in [0.5, 0.6) is 0 Å². The lowest BCUT2D eigenvalue weighted by Crippen LogP contribution is -2.41. The molecule has 2 aliphatic heterocycles. The Morgan fingerprint density at radius 1 is 1.26 bits per heavy atom. The van der Waals surface area contributed by atoms with Crippen LogP contribution in [0.15, 0.2) is 30.0 Å². The van der Waals surface area contributed by atoms with E-state index in [0.29, 0.717) is 24.6 Å². The van der Waals surface area contributed by atoms with Crippen LogP contribution < -0.4 is 5.32 Å². The van der Waals surface area contributed by atoms with E-state index < -0.39 is 17.6 Å². The van der Waals surface area contributed by atoms with Crippen molar-refractivity contribution in [3.05, 3.63) is 41.5 Å². The van der Waals surface area contributed by atoms with E-state index in [1.165, 1.54) is 6.08 Å². The van der Waals surface area contributed by atoms with Gasteiger partial charge in [-0.2, -0.15) is 0 Å². The summed E-state index contributed by atoms with van der Waals surface area (Å²) in [6.45, 7) is 6.88. The molecule has 2 amide bonds. The number of imidazole rings is 1. The maximum atomic E-state index is 13.5. The zero-order chi connectivity index (χ0) is 19.8. The highest BCUT2D eigenvalue weighted by atomic mass is 19.1. The van der Waals surface area contributed by atoms with E-state index in [2.05, 4.69) is 10.3 Å². The normalized spacial score (nSPS) is 17.1. The first-order valence-corrected chi connectivity index (χ1v) is 8.74. The van der Waals surface area contributed by atoms with Gasteiger partial charge in [0.25, 0.3) is 5.91 Å². The van der Waals surface area contributed by atoms with Crippen molar-refractivity contribution < 1.29 is 18.7 Å². The summed E-state index contributed by atoms with van der Waals surface area (Å²) in [5.41, 5.74) is 0.0187. The topological polar surface area (TPSA) is 79.7 Å². The Bertz CT molecular complexity index is 821. The number of carbonyl (C=O) groups is 2. The molecule has 2 aliphatic rings. The van der Waals surface area contributed by atoms with Gasteiger partial charge in [-0.15, -0.1) is 0 Å².